The van der Waals surface area contributed by atoms with Gasteiger partial charge in [-0.3, -0.25) is 4.79 Å². The first-order valence-electron chi connectivity index (χ1n) is 9.44. The van der Waals surface area contributed by atoms with Gasteiger partial charge in [-0.1, -0.05) is 12.1 Å². The van der Waals surface area contributed by atoms with Gasteiger partial charge in [-0.05, 0) is 67.1 Å². The van der Waals surface area contributed by atoms with Crippen LogP contribution in [0.25, 0.3) is 11.1 Å². The summed E-state index contributed by atoms with van der Waals surface area (Å²) in [6.45, 7) is 1.79. The van der Waals surface area contributed by atoms with E-state index >= 15 is 0 Å². The Morgan fingerprint density at radius 1 is 0.933 bits per heavy atom. The van der Waals surface area contributed by atoms with E-state index in [9.17, 15) is 4.79 Å². The number of hydrogen-bond donors (Lipinski definition) is 2. The summed E-state index contributed by atoms with van der Waals surface area (Å²) in [5.41, 5.74) is 3.87. The molecule has 0 bridgehead atoms. The number of carbonyl (C=O) groups excluding carboxylic acids is 1. The molecule has 0 radical (unpaired) electrons. The van der Waals surface area contributed by atoms with Crippen molar-refractivity contribution in [2.75, 3.05) is 24.9 Å². The number of nitrogens with one attached hydrogen (secondary N) is 2. The lowest BCUT2D eigenvalue weighted by molar-refractivity contribution is -0.116. The summed E-state index contributed by atoms with van der Waals surface area (Å²) in [4.78, 5) is 12.5. The van der Waals surface area contributed by atoms with E-state index in [1.54, 1.807) is 45.4 Å². The van der Waals surface area contributed by atoms with Crippen LogP contribution in [0.3, 0.4) is 0 Å². The highest BCUT2D eigenvalue weighted by Gasteiger charge is 2.15. The summed E-state index contributed by atoms with van der Waals surface area (Å²) in [7, 11) is 3.26. The second-order valence-electron chi connectivity index (χ2n) is 6.69. The molecular formula is C24H23N3O3. The van der Waals surface area contributed by atoms with Gasteiger partial charge < -0.3 is 20.1 Å². The molecule has 0 heterocycles. The Labute approximate surface area is 176 Å². The predicted molar refractivity (Wildman–Crippen MR) is 118 cm³/mol. The summed E-state index contributed by atoms with van der Waals surface area (Å²) in [6, 6.07) is 21.7. The Bertz CT molecular complexity index is 1050. The lowest BCUT2D eigenvalue weighted by atomic mass is 10.0. The minimum Gasteiger partial charge on any atom is -0.497 e. The molecule has 1 atom stereocenters. The Hall–Kier alpha value is -3.98. The maximum absolute atomic E-state index is 12.5. The first kappa shape index (κ1) is 20.7. The molecule has 6 nitrogen and oxygen atoms in total. The molecule has 0 aromatic heterocycles. The van der Waals surface area contributed by atoms with Crippen LogP contribution < -0.4 is 20.1 Å². The second-order valence-corrected chi connectivity index (χ2v) is 6.69. The smallest absolute Gasteiger partial charge is 0.246 e. The summed E-state index contributed by atoms with van der Waals surface area (Å²) in [6.07, 6.45) is 0. The monoisotopic (exact) mass is 401 g/mol. The van der Waals surface area contributed by atoms with Crippen LogP contribution in [-0.2, 0) is 4.79 Å². The van der Waals surface area contributed by atoms with E-state index in [1.807, 2.05) is 42.5 Å². The number of methoxy groups -OCH3 is 2. The van der Waals surface area contributed by atoms with Crippen molar-refractivity contribution < 1.29 is 14.3 Å². The number of anilines is 2. The van der Waals surface area contributed by atoms with E-state index in [-0.39, 0.29) is 5.91 Å². The molecule has 0 aliphatic carbocycles. The van der Waals surface area contributed by atoms with Crippen LogP contribution in [0.1, 0.15) is 12.5 Å². The van der Waals surface area contributed by atoms with Gasteiger partial charge in [0.25, 0.3) is 0 Å². The Morgan fingerprint density at radius 2 is 1.60 bits per heavy atom. The van der Waals surface area contributed by atoms with Crippen molar-refractivity contribution in [2.45, 2.75) is 13.0 Å². The SMILES string of the molecule is COc1ccc(-c2cc(N[C@H](C)C(=O)Nc3ccc(C#N)cc3)ccc2OC)cc1. The molecule has 1 amide bonds. The fourth-order valence-electron chi connectivity index (χ4n) is 2.99. The number of hydrogen-bond acceptors (Lipinski definition) is 5. The van der Waals surface area contributed by atoms with E-state index in [0.29, 0.717) is 11.3 Å². The largest absolute Gasteiger partial charge is 0.497 e. The third-order valence-corrected chi connectivity index (χ3v) is 4.66. The van der Waals surface area contributed by atoms with E-state index < -0.39 is 6.04 Å². The van der Waals surface area contributed by atoms with Gasteiger partial charge in [0.2, 0.25) is 5.91 Å². The van der Waals surface area contributed by atoms with E-state index in [2.05, 4.69) is 16.7 Å². The molecule has 0 unspecified atom stereocenters. The summed E-state index contributed by atoms with van der Waals surface area (Å²) >= 11 is 0. The number of rotatable bonds is 7. The second kappa shape index (κ2) is 9.48. The summed E-state index contributed by atoms with van der Waals surface area (Å²) < 4.78 is 10.7. The fourth-order valence-corrected chi connectivity index (χ4v) is 2.99. The number of nitriles is 1. The summed E-state index contributed by atoms with van der Waals surface area (Å²) in [5.74, 6) is 1.34. The van der Waals surface area contributed by atoms with E-state index in [1.165, 1.54) is 0 Å². The highest BCUT2D eigenvalue weighted by atomic mass is 16.5. The van der Waals surface area contributed by atoms with Crippen LogP contribution in [0, 0.1) is 11.3 Å². The molecule has 0 fully saturated rings. The van der Waals surface area contributed by atoms with E-state index in [0.717, 1.165) is 28.3 Å². The number of amides is 1. The highest BCUT2D eigenvalue weighted by molar-refractivity contribution is 5.96. The molecule has 6 heteroatoms. The highest BCUT2D eigenvalue weighted by Crippen LogP contribution is 2.33. The molecule has 0 saturated heterocycles. The van der Waals surface area contributed by atoms with Crippen molar-refractivity contribution in [3.63, 3.8) is 0 Å². The van der Waals surface area contributed by atoms with Crippen LogP contribution in [0.4, 0.5) is 11.4 Å². The van der Waals surface area contributed by atoms with Crippen molar-refractivity contribution in [1.82, 2.24) is 0 Å². The third-order valence-electron chi connectivity index (χ3n) is 4.66. The average molecular weight is 401 g/mol. The Balaban J connectivity index is 1.74. The van der Waals surface area contributed by atoms with Gasteiger partial charge in [0.15, 0.2) is 0 Å². The standard InChI is InChI=1S/C24H23N3O3/c1-16(24(28)27-19-8-4-17(15-25)5-9-19)26-20-10-13-23(30-3)22(14-20)18-6-11-21(29-2)12-7-18/h4-14,16,26H,1-3H3,(H,27,28)/t16-/m1/s1. The van der Waals surface area contributed by atoms with Crippen molar-refractivity contribution in [1.29, 1.82) is 5.26 Å². The van der Waals surface area contributed by atoms with Crippen LogP contribution in [0.15, 0.2) is 66.7 Å². The molecule has 0 spiro atoms. The fraction of sp³-hybridized carbons (Fsp3) is 0.167. The Morgan fingerprint density at radius 3 is 2.20 bits per heavy atom. The van der Waals surface area contributed by atoms with Gasteiger partial charge in [0.1, 0.15) is 17.5 Å². The maximum Gasteiger partial charge on any atom is 0.246 e. The molecule has 3 rings (SSSR count). The minimum absolute atomic E-state index is 0.179. The zero-order valence-corrected chi connectivity index (χ0v) is 17.1. The number of benzene rings is 3. The van der Waals surface area contributed by atoms with Gasteiger partial charge in [-0.15, -0.1) is 0 Å². The van der Waals surface area contributed by atoms with Crippen LogP contribution in [-0.4, -0.2) is 26.2 Å². The Kier molecular flexibility index (Phi) is 6.56. The van der Waals surface area contributed by atoms with Gasteiger partial charge in [0, 0.05) is 16.9 Å². The zero-order chi connectivity index (χ0) is 21.5. The molecule has 0 aliphatic rings. The van der Waals surface area contributed by atoms with Crippen LogP contribution >= 0.6 is 0 Å². The van der Waals surface area contributed by atoms with Gasteiger partial charge >= 0.3 is 0 Å². The molecule has 2 N–H and O–H groups in total. The van der Waals surface area contributed by atoms with Crippen molar-refractivity contribution >= 4 is 17.3 Å². The minimum atomic E-state index is -0.474. The first-order valence-corrected chi connectivity index (χ1v) is 9.44. The average Bonchev–Trinajstić information content (AvgIpc) is 2.79. The molecule has 3 aromatic carbocycles. The van der Waals surface area contributed by atoms with Crippen LogP contribution in [0.2, 0.25) is 0 Å². The van der Waals surface area contributed by atoms with Crippen molar-refractivity contribution in [2.24, 2.45) is 0 Å². The van der Waals surface area contributed by atoms with Gasteiger partial charge in [-0.25, -0.2) is 0 Å². The third kappa shape index (κ3) is 4.89. The molecule has 0 aliphatic heterocycles. The number of ether oxygens (including phenoxy) is 2. The predicted octanol–water partition coefficient (Wildman–Crippen LogP) is 4.68. The molecule has 0 saturated carbocycles. The molecule has 152 valence electrons. The quantitative estimate of drug-likeness (QED) is 0.600. The molecular weight excluding hydrogens is 378 g/mol. The number of nitrogens with zero attached hydrogens (tertiary/aromatic N) is 1. The van der Waals surface area contributed by atoms with Crippen LogP contribution in [0.5, 0.6) is 11.5 Å². The molecule has 3 aromatic rings. The lowest BCUT2D eigenvalue weighted by Gasteiger charge is -2.17. The maximum atomic E-state index is 12.5. The number of carbonyl (C=O) groups is 1. The first-order chi connectivity index (χ1) is 14.5. The van der Waals surface area contributed by atoms with Crippen molar-refractivity contribution in [3.05, 3.63) is 72.3 Å². The summed E-state index contributed by atoms with van der Waals surface area (Å²) in [5, 5.41) is 14.9. The van der Waals surface area contributed by atoms with Gasteiger partial charge in [0.05, 0.1) is 25.9 Å². The van der Waals surface area contributed by atoms with E-state index in [4.69, 9.17) is 14.7 Å². The zero-order valence-electron chi connectivity index (χ0n) is 17.1. The normalized spacial score (nSPS) is 11.1. The van der Waals surface area contributed by atoms with Gasteiger partial charge in [-0.2, -0.15) is 5.26 Å². The lowest BCUT2D eigenvalue weighted by Crippen LogP contribution is -2.31. The van der Waals surface area contributed by atoms with Crippen molar-refractivity contribution in [3.8, 4) is 28.7 Å². The topological polar surface area (TPSA) is 83.4 Å². The molecule has 30 heavy (non-hydrogen) atoms.